The Morgan fingerprint density at radius 3 is 2.56 bits per heavy atom. The number of carbonyl (C=O) groups excluding carboxylic acids is 1. The summed E-state index contributed by atoms with van der Waals surface area (Å²) < 4.78 is 0. The Hall–Kier alpha value is -2.80. The highest BCUT2D eigenvalue weighted by Crippen LogP contribution is 2.15. The predicted molar refractivity (Wildman–Crippen MR) is 98.7 cm³/mol. The number of aromatic nitrogens is 1. The van der Waals surface area contributed by atoms with Gasteiger partial charge in [-0.3, -0.25) is 4.98 Å². The lowest BCUT2D eigenvalue weighted by atomic mass is 10.2. The van der Waals surface area contributed by atoms with Gasteiger partial charge < -0.3 is 15.5 Å². The van der Waals surface area contributed by atoms with E-state index in [4.69, 9.17) is 17.3 Å². The fraction of sp³-hybridized carbons (Fsp3) is 0.235. The van der Waals surface area contributed by atoms with Gasteiger partial charge in [0.15, 0.2) is 5.84 Å². The monoisotopic (exact) mass is 358 g/mol. The van der Waals surface area contributed by atoms with E-state index in [1.165, 1.54) is 6.20 Å². The maximum Gasteiger partial charge on any atom is 0.337 e. The highest BCUT2D eigenvalue weighted by Gasteiger charge is 2.21. The van der Waals surface area contributed by atoms with Gasteiger partial charge in [-0.15, -0.1) is 0 Å². The lowest BCUT2D eigenvalue weighted by Gasteiger charge is -2.35. The SMILES string of the molecule is N/C(=N\NC(=O)N1CCN(c2ccccc2)CC1)c1cc(Cl)ccn1. The number of para-hydroxylation sites is 1. The molecule has 0 spiro atoms. The number of amides is 2. The second-order valence-corrected chi connectivity index (χ2v) is 6.02. The molecule has 7 nitrogen and oxygen atoms in total. The number of urea groups is 1. The number of nitrogens with one attached hydrogen (secondary N) is 1. The Balaban J connectivity index is 1.53. The van der Waals surface area contributed by atoms with Crippen LogP contribution in [0.15, 0.2) is 53.8 Å². The first kappa shape index (κ1) is 17.0. The third-order valence-electron chi connectivity index (χ3n) is 3.94. The number of carbonyl (C=O) groups is 1. The molecule has 1 aromatic heterocycles. The van der Waals surface area contributed by atoms with E-state index in [1.807, 2.05) is 18.2 Å². The Bertz CT molecular complexity index is 759. The summed E-state index contributed by atoms with van der Waals surface area (Å²) in [6.07, 6.45) is 1.53. The van der Waals surface area contributed by atoms with Gasteiger partial charge in [0, 0.05) is 43.1 Å². The molecule has 0 saturated carbocycles. The summed E-state index contributed by atoms with van der Waals surface area (Å²) >= 11 is 5.89. The van der Waals surface area contributed by atoms with Crippen LogP contribution in [0.3, 0.4) is 0 Å². The maximum absolute atomic E-state index is 12.2. The van der Waals surface area contributed by atoms with Gasteiger partial charge in [0.2, 0.25) is 0 Å². The zero-order valence-corrected chi connectivity index (χ0v) is 14.4. The van der Waals surface area contributed by atoms with Crippen LogP contribution >= 0.6 is 11.6 Å². The Morgan fingerprint density at radius 2 is 1.88 bits per heavy atom. The largest absolute Gasteiger partial charge is 0.380 e. The summed E-state index contributed by atoms with van der Waals surface area (Å²) in [5.41, 5.74) is 9.88. The van der Waals surface area contributed by atoms with Crippen LogP contribution in [-0.4, -0.2) is 47.9 Å². The molecule has 1 aliphatic rings. The van der Waals surface area contributed by atoms with Gasteiger partial charge in [-0.1, -0.05) is 29.8 Å². The van der Waals surface area contributed by atoms with E-state index in [0.717, 1.165) is 18.8 Å². The van der Waals surface area contributed by atoms with Gasteiger partial charge in [-0.2, -0.15) is 5.10 Å². The van der Waals surface area contributed by atoms with E-state index >= 15 is 0 Å². The van der Waals surface area contributed by atoms with Crippen LogP contribution in [0.25, 0.3) is 0 Å². The summed E-state index contributed by atoms with van der Waals surface area (Å²) in [7, 11) is 0. The van der Waals surface area contributed by atoms with Crippen molar-refractivity contribution >= 4 is 29.2 Å². The molecule has 0 atom stereocenters. The van der Waals surface area contributed by atoms with E-state index < -0.39 is 0 Å². The third-order valence-corrected chi connectivity index (χ3v) is 4.18. The van der Waals surface area contributed by atoms with Gasteiger partial charge >= 0.3 is 6.03 Å². The summed E-state index contributed by atoms with van der Waals surface area (Å²) in [6.45, 7) is 2.77. The van der Waals surface area contributed by atoms with E-state index in [2.05, 4.69) is 32.5 Å². The van der Waals surface area contributed by atoms with Crippen molar-refractivity contribution < 1.29 is 4.79 Å². The molecule has 2 heterocycles. The van der Waals surface area contributed by atoms with E-state index in [-0.39, 0.29) is 11.9 Å². The van der Waals surface area contributed by atoms with Crippen molar-refractivity contribution in [3.63, 3.8) is 0 Å². The molecule has 0 bridgehead atoms. The van der Waals surface area contributed by atoms with Crippen molar-refractivity contribution in [2.24, 2.45) is 10.8 Å². The molecule has 0 unspecified atom stereocenters. The lowest BCUT2D eigenvalue weighted by molar-refractivity contribution is 0.195. The van der Waals surface area contributed by atoms with Gasteiger partial charge in [-0.05, 0) is 24.3 Å². The molecule has 0 radical (unpaired) electrons. The molecule has 1 aromatic carbocycles. The topological polar surface area (TPSA) is 86.8 Å². The van der Waals surface area contributed by atoms with Crippen molar-refractivity contribution in [3.8, 4) is 0 Å². The fourth-order valence-electron chi connectivity index (χ4n) is 2.59. The zero-order chi connectivity index (χ0) is 17.6. The Morgan fingerprint density at radius 1 is 1.16 bits per heavy atom. The molecule has 1 saturated heterocycles. The van der Waals surface area contributed by atoms with Crippen molar-refractivity contribution in [3.05, 3.63) is 59.4 Å². The van der Waals surface area contributed by atoms with Gasteiger partial charge in [0.1, 0.15) is 5.69 Å². The van der Waals surface area contributed by atoms with Crippen LogP contribution in [0.2, 0.25) is 5.02 Å². The second kappa shape index (κ2) is 7.85. The molecule has 1 fully saturated rings. The van der Waals surface area contributed by atoms with E-state index in [9.17, 15) is 4.79 Å². The minimum absolute atomic E-state index is 0.110. The van der Waals surface area contributed by atoms with Crippen LogP contribution in [0.1, 0.15) is 5.69 Å². The molecule has 2 aromatic rings. The first-order valence-electron chi connectivity index (χ1n) is 7.93. The summed E-state index contributed by atoms with van der Waals surface area (Å²) in [6, 6.07) is 13.1. The molecule has 3 rings (SSSR count). The number of nitrogens with two attached hydrogens (primary N) is 1. The first-order valence-corrected chi connectivity index (χ1v) is 8.31. The van der Waals surface area contributed by atoms with E-state index in [1.54, 1.807) is 17.0 Å². The van der Waals surface area contributed by atoms with Crippen LogP contribution in [0, 0.1) is 0 Å². The minimum Gasteiger partial charge on any atom is -0.380 e. The van der Waals surface area contributed by atoms with Crippen LogP contribution < -0.4 is 16.1 Å². The number of nitrogens with zero attached hydrogens (tertiary/aromatic N) is 4. The lowest BCUT2D eigenvalue weighted by Crippen LogP contribution is -2.51. The summed E-state index contributed by atoms with van der Waals surface area (Å²) in [5, 5.41) is 4.41. The fourth-order valence-corrected chi connectivity index (χ4v) is 2.75. The number of piperazine rings is 1. The predicted octanol–water partition coefficient (Wildman–Crippen LogP) is 1.89. The van der Waals surface area contributed by atoms with Crippen LogP contribution in [0.5, 0.6) is 0 Å². The van der Waals surface area contributed by atoms with Gasteiger partial charge in [-0.25, -0.2) is 10.2 Å². The highest BCUT2D eigenvalue weighted by molar-refractivity contribution is 6.30. The standard InChI is InChI=1S/C17H19ClN6O/c18-13-6-7-20-15(12-13)16(19)21-22-17(25)24-10-8-23(9-11-24)14-4-2-1-3-5-14/h1-7,12H,8-11H2,(H2,19,21)(H,22,25). The molecule has 8 heteroatoms. The molecule has 130 valence electrons. The number of amidine groups is 1. The van der Waals surface area contributed by atoms with E-state index in [0.29, 0.717) is 23.8 Å². The average molecular weight is 359 g/mol. The maximum atomic E-state index is 12.2. The summed E-state index contributed by atoms with van der Waals surface area (Å²) in [5.74, 6) is 0.110. The van der Waals surface area contributed by atoms with Crippen molar-refractivity contribution in [2.75, 3.05) is 31.1 Å². The normalized spacial score (nSPS) is 15.2. The Labute approximate surface area is 151 Å². The number of pyridine rings is 1. The average Bonchev–Trinajstić information content (AvgIpc) is 2.66. The molecule has 0 aliphatic carbocycles. The number of hydrogen-bond donors (Lipinski definition) is 2. The number of benzene rings is 1. The number of hydrazone groups is 1. The number of anilines is 1. The quantitative estimate of drug-likeness (QED) is 0.498. The van der Waals surface area contributed by atoms with Crippen molar-refractivity contribution in [2.45, 2.75) is 0 Å². The molecule has 3 N–H and O–H groups in total. The number of halogens is 1. The van der Waals surface area contributed by atoms with Gasteiger partial charge in [0.05, 0.1) is 0 Å². The molecule has 2 amide bonds. The van der Waals surface area contributed by atoms with Crippen molar-refractivity contribution in [1.82, 2.24) is 15.3 Å². The highest BCUT2D eigenvalue weighted by atomic mass is 35.5. The smallest absolute Gasteiger partial charge is 0.337 e. The molecule has 1 aliphatic heterocycles. The first-order chi connectivity index (χ1) is 12.1. The van der Waals surface area contributed by atoms with Gasteiger partial charge in [0.25, 0.3) is 0 Å². The molecular weight excluding hydrogens is 340 g/mol. The third kappa shape index (κ3) is 4.39. The van der Waals surface area contributed by atoms with Crippen molar-refractivity contribution in [1.29, 1.82) is 0 Å². The second-order valence-electron chi connectivity index (χ2n) is 5.58. The Kier molecular flexibility index (Phi) is 5.35. The minimum atomic E-state index is -0.280. The molecular formula is C17H19ClN6O. The zero-order valence-electron chi connectivity index (χ0n) is 13.6. The number of rotatable bonds is 3. The van der Waals surface area contributed by atoms with Crippen LogP contribution in [0.4, 0.5) is 10.5 Å². The summed E-state index contributed by atoms with van der Waals surface area (Å²) in [4.78, 5) is 20.3. The molecule has 25 heavy (non-hydrogen) atoms. The van der Waals surface area contributed by atoms with Crippen LogP contribution in [-0.2, 0) is 0 Å². The number of hydrogen-bond acceptors (Lipinski definition) is 4.